The van der Waals surface area contributed by atoms with Crippen molar-refractivity contribution in [2.75, 3.05) is 54.2 Å². The van der Waals surface area contributed by atoms with Crippen molar-refractivity contribution in [2.24, 2.45) is 5.92 Å². The zero-order chi connectivity index (χ0) is 21.2. The fraction of sp³-hybridized carbons (Fsp3) is 0.682. The van der Waals surface area contributed by atoms with Gasteiger partial charge in [-0.15, -0.1) is 0 Å². The summed E-state index contributed by atoms with van der Waals surface area (Å²) >= 11 is 0. The van der Waals surface area contributed by atoms with Gasteiger partial charge in [-0.05, 0) is 36.5 Å². The lowest BCUT2D eigenvalue weighted by atomic mass is 10.0. The van der Waals surface area contributed by atoms with Crippen LogP contribution in [0.4, 0.5) is 0 Å². The predicted octanol–water partition coefficient (Wildman–Crippen LogP) is 2.51. The molecule has 1 heterocycles. The van der Waals surface area contributed by atoms with Crippen LogP contribution in [0.15, 0.2) is 12.1 Å². The number of carbonyl (C=O) groups is 1. The number of methoxy groups -OCH3 is 3. The van der Waals surface area contributed by atoms with Crippen molar-refractivity contribution < 1.29 is 23.7 Å². The molecular weight excluding hydrogens is 372 g/mol. The number of morpholine rings is 1. The third-order valence-corrected chi connectivity index (χ3v) is 5.21. The topological polar surface area (TPSA) is 69.3 Å². The standard InChI is InChI=1S/C22H36N2O5/c1-16(2)12-18(24-8-10-29-11-9-24)15-23-21(25)7-6-17-13-19(26-3)22(28-5)20(14-17)27-4/h13-14,16,18H,6-12,15H2,1-5H3,(H,23,25). The number of amides is 1. The summed E-state index contributed by atoms with van der Waals surface area (Å²) in [6, 6.07) is 4.14. The van der Waals surface area contributed by atoms with E-state index in [4.69, 9.17) is 18.9 Å². The van der Waals surface area contributed by atoms with Crippen molar-refractivity contribution in [3.8, 4) is 17.2 Å². The molecule has 1 aliphatic heterocycles. The minimum atomic E-state index is 0.0563. The summed E-state index contributed by atoms with van der Waals surface area (Å²) in [6.07, 6.45) is 2.08. The molecular formula is C22H36N2O5. The molecule has 1 aromatic carbocycles. The lowest BCUT2D eigenvalue weighted by Crippen LogP contribution is -2.49. The summed E-state index contributed by atoms with van der Waals surface area (Å²) < 4.78 is 21.6. The first-order valence-corrected chi connectivity index (χ1v) is 10.4. The smallest absolute Gasteiger partial charge is 0.220 e. The van der Waals surface area contributed by atoms with Crippen molar-refractivity contribution in [3.63, 3.8) is 0 Å². The fourth-order valence-corrected chi connectivity index (χ4v) is 3.71. The number of carbonyl (C=O) groups excluding carboxylic acids is 1. The second-order valence-electron chi connectivity index (χ2n) is 7.77. The number of nitrogens with zero attached hydrogens (tertiary/aromatic N) is 1. The molecule has 0 aromatic heterocycles. The van der Waals surface area contributed by atoms with Gasteiger partial charge in [0, 0.05) is 32.1 Å². The van der Waals surface area contributed by atoms with E-state index in [9.17, 15) is 4.79 Å². The van der Waals surface area contributed by atoms with E-state index < -0.39 is 0 Å². The van der Waals surface area contributed by atoms with Crippen molar-refractivity contribution in [1.29, 1.82) is 0 Å². The summed E-state index contributed by atoms with van der Waals surface area (Å²) in [5, 5.41) is 3.13. The maximum Gasteiger partial charge on any atom is 0.220 e. The third kappa shape index (κ3) is 7.08. The molecule has 0 spiro atoms. The highest BCUT2D eigenvalue weighted by atomic mass is 16.5. The Kier molecular flexibility index (Phi) is 9.54. The van der Waals surface area contributed by atoms with E-state index in [2.05, 4.69) is 24.1 Å². The first-order valence-electron chi connectivity index (χ1n) is 10.4. The first kappa shape index (κ1) is 23.3. The Morgan fingerprint density at radius 2 is 1.72 bits per heavy atom. The fourth-order valence-electron chi connectivity index (χ4n) is 3.71. The Bertz CT molecular complexity index is 619. The van der Waals surface area contributed by atoms with E-state index >= 15 is 0 Å². The molecule has 1 fully saturated rings. The van der Waals surface area contributed by atoms with Crippen LogP contribution in [-0.4, -0.2) is 71.0 Å². The molecule has 0 aliphatic carbocycles. The average Bonchev–Trinajstić information content (AvgIpc) is 2.74. The van der Waals surface area contributed by atoms with E-state index in [-0.39, 0.29) is 5.91 Å². The minimum Gasteiger partial charge on any atom is -0.493 e. The van der Waals surface area contributed by atoms with Crippen LogP contribution < -0.4 is 19.5 Å². The second-order valence-corrected chi connectivity index (χ2v) is 7.77. The number of nitrogens with one attached hydrogen (secondary N) is 1. The number of ether oxygens (including phenoxy) is 4. The van der Waals surface area contributed by atoms with Gasteiger partial charge in [-0.25, -0.2) is 0 Å². The Hall–Kier alpha value is -1.99. The predicted molar refractivity (Wildman–Crippen MR) is 113 cm³/mol. The molecule has 7 nitrogen and oxygen atoms in total. The summed E-state index contributed by atoms with van der Waals surface area (Å²) in [6.45, 7) is 8.51. The lowest BCUT2D eigenvalue weighted by molar-refractivity contribution is -0.121. The Labute approximate surface area is 174 Å². The number of aryl methyl sites for hydroxylation is 1. The Morgan fingerprint density at radius 1 is 1.10 bits per heavy atom. The van der Waals surface area contributed by atoms with Crippen molar-refractivity contribution in [2.45, 2.75) is 39.2 Å². The van der Waals surface area contributed by atoms with Gasteiger partial charge in [0.05, 0.1) is 34.5 Å². The SMILES string of the molecule is COc1cc(CCC(=O)NCC(CC(C)C)N2CCOCC2)cc(OC)c1OC. The number of hydrogen-bond donors (Lipinski definition) is 1. The normalized spacial score (nSPS) is 15.8. The third-order valence-electron chi connectivity index (χ3n) is 5.21. The molecule has 29 heavy (non-hydrogen) atoms. The van der Waals surface area contributed by atoms with Crippen LogP contribution in [0.3, 0.4) is 0 Å². The highest BCUT2D eigenvalue weighted by molar-refractivity contribution is 5.76. The molecule has 0 bridgehead atoms. The lowest BCUT2D eigenvalue weighted by Gasteiger charge is -2.35. The van der Waals surface area contributed by atoms with Gasteiger partial charge in [-0.1, -0.05) is 13.8 Å². The van der Waals surface area contributed by atoms with E-state index in [0.717, 1.165) is 38.3 Å². The highest BCUT2D eigenvalue weighted by Gasteiger charge is 2.22. The molecule has 7 heteroatoms. The van der Waals surface area contributed by atoms with Crippen LogP contribution in [0.2, 0.25) is 0 Å². The molecule has 1 aliphatic rings. The van der Waals surface area contributed by atoms with Gasteiger partial charge < -0.3 is 24.3 Å². The second kappa shape index (κ2) is 11.9. The van der Waals surface area contributed by atoms with Gasteiger partial charge in [0.2, 0.25) is 11.7 Å². The molecule has 164 valence electrons. The van der Waals surface area contributed by atoms with Crippen LogP contribution in [0.1, 0.15) is 32.3 Å². The molecule has 2 rings (SSSR count). The van der Waals surface area contributed by atoms with Gasteiger partial charge in [-0.2, -0.15) is 0 Å². The zero-order valence-electron chi connectivity index (χ0n) is 18.5. The molecule has 1 atom stereocenters. The van der Waals surface area contributed by atoms with E-state index in [1.807, 2.05) is 12.1 Å². The Morgan fingerprint density at radius 3 is 2.24 bits per heavy atom. The molecule has 1 N–H and O–H groups in total. The van der Waals surface area contributed by atoms with Crippen LogP contribution in [0.25, 0.3) is 0 Å². The summed E-state index contributed by atoms with van der Waals surface area (Å²) in [7, 11) is 4.76. The van der Waals surface area contributed by atoms with Crippen LogP contribution >= 0.6 is 0 Å². The molecule has 0 saturated carbocycles. The Balaban J connectivity index is 1.91. The van der Waals surface area contributed by atoms with Crippen LogP contribution in [0, 0.1) is 5.92 Å². The first-order chi connectivity index (χ1) is 14.0. The van der Waals surface area contributed by atoms with Crippen LogP contribution in [0.5, 0.6) is 17.2 Å². The van der Waals surface area contributed by atoms with E-state index in [1.54, 1.807) is 21.3 Å². The molecule has 1 amide bonds. The molecule has 0 radical (unpaired) electrons. The van der Waals surface area contributed by atoms with E-state index in [0.29, 0.717) is 48.6 Å². The molecule has 1 saturated heterocycles. The van der Waals surface area contributed by atoms with Gasteiger partial charge in [-0.3, -0.25) is 9.69 Å². The highest BCUT2D eigenvalue weighted by Crippen LogP contribution is 2.38. The van der Waals surface area contributed by atoms with Gasteiger partial charge in [0.1, 0.15) is 0 Å². The van der Waals surface area contributed by atoms with Gasteiger partial charge >= 0.3 is 0 Å². The average molecular weight is 409 g/mol. The maximum absolute atomic E-state index is 12.5. The number of rotatable bonds is 11. The molecule has 1 unspecified atom stereocenters. The van der Waals surface area contributed by atoms with Crippen molar-refractivity contribution >= 4 is 5.91 Å². The number of hydrogen-bond acceptors (Lipinski definition) is 6. The summed E-state index contributed by atoms with van der Waals surface area (Å²) in [4.78, 5) is 14.9. The van der Waals surface area contributed by atoms with Gasteiger partial charge in [0.15, 0.2) is 11.5 Å². The maximum atomic E-state index is 12.5. The molecule has 1 aromatic rings. The monoisotopic (exact) mass is 408 g/mol. The van der Waals surface area contributed by atoms with Crippen molar-refractivity contribution in [3.05, 3.63) is 17.7 Å². The summed E-state index contributed by atoms with van der Waals surface area (Å²) in [5.74, 6) is 2.41. The van der Waals surface area contributed by atoms with Crippen molar-refractivity contribution in [1.82, 2.24) is 10.2 Å². The van der Waals surface area contributed by atoms with Crippen LogP contribution in [-0.2, 0) is 16.0 Å². The quantitative estimate of drug-likeness (QED) is 0.607. The van der Waals surface area contributed by atoms with E-state index in [1.165, 1.54) is 0 Å². The summed E-state index contributed by atoms with van der Waals surface area (Å²) in [5.41, 5.74) is 0.974. The largest absolute Gasteiger partial charge is 0.493 e. The van der Waals surface area contributed by atoms with Gasteiger partial charge in [0.25, 0.3) is 0 Å². The number of benzene rings is 1. The zero-order valence-corrected chi connectivity index (χ0v) is 18.5. The minimum absolute atomic E-state index is 0.0563.